The van der Waals surface area contributed by atoms with Gasteiger partial charge < -0.3 is 10.5 Å². The van der Waals surface area contributed by atoms with E-state index in [4.69, 9.17) is 15.7 Å². The summed E-state index contributed by atoms with van der Waals surface area (Å²) in [6.07, 6.45) is 8.82. The molecule has 1 aliphatic rings. The van der Waals surface area contributed by atoms with Gasteiger partial charge in [0.05, 0.1) is 5.56 Å². The summed E-state index contributed by atoms with van der Waals surface area (Å²) in [6.45, 7) is 0. The van der Waals surface area contributed by atoms with Crippen LogP contribution < -0.4 is 10.5 Å². The molecule has 2 rings (SSSR count). The molecule has 90 valence electrons. The molecule has 1 saturated carbocycles. The molecule has 1 aromatic rings. The number of nitrogens with two attached hydrogens (primary N) is 1. The van der Waals surface area contributed by atoms with E-state index in [1.807, 2.05) is 6.07 Å². The number of hydrogen-bond donors (Lipinski definition) is 1. The minimum absolute atomic E-state index is 0.196. The van der Waals surface area contributed by atoms with Gasteiger partial charge in [0, 0.05) is 6.20 Å². The SMILES string of the molecule is N#Cc1ccnc(OC2CCCCCC2)c1N. The van der Waals surface area contributed by atoms with Crippen LogP contribution in [0.1, 0.15) is 44.1 Å². The first kappa shape index (κ1) is 11.7. The number of aromatic nitrogens is 1. The minimum Gasteiger partial charge on any atom is -0.473 e. The van der Waals surface area contributed by atoms with Crippen LogP contribution in [0, 0.1) is 11.3 Å². The molecule has 0 spiro atoms. The Hall–Kier alpha value is -1.76. The Balaban J connectivity index is 2.10. The van der Waals surface area contributed by atoms with Crippen molar-refractivity contribution in [2.45, 2.75) is 44.6 Å². The van der Waals surface area contributed by atoms with E-state index in [9.17, 15) is 0 Å². The lowest BCUT2D eigenvalue weighted by atomic mass is 10.1. The molecule has 0 amide bonds. The molecule has 0 bridgehead atoms. The largest absolute Gasteiger partial charge is 0.473 e. The Morgan fingerprint density at radius 3 is 2.65 bits per heavy atom. The number of nitriles is 1. The third-order valence-corrected chi connectivity index (χ3v) is 3.15. The van der Waals surface area contributed by atoms with Gasteiger partial charge in [-0.2, -0.15) is 5.26 Å². The summed E-state index contributed by atoms with van der Waals surface area (Å²) in [5.41, 5.74) is 6.63. The van der Waals surface area contributed by atoms with E-state index in [-0.39, 0.29) is 6.10 Å². The van der Waals surface area contributed by atoms with E-state index in [1.165, 1.54) is 25.7 Å². The van der Waals surface area contributed by atoms with Crippen molar-refractivity contribution in [3.05, 3.63) is 17.8 Å². The lowest BCUT2D eigenvalue weighted by Crippen LogP contribution is -2.17. The lowest BCUT2D eigenvalue weighted by Gasteiger charge is -2.17. The minimum atomic E-state index is 0.196. The predicted molar refractivity (Wildman–Crippen MR) is 65.5 cm³/mol. The molecule has 1 fully saturated rings. The molecule has 1 aromatic heterocycles. The average molecular weight is 231 g/mol. The van der Waals surface area contributed by atoms with Crippen molar-refractivity contribution in [1.29, 1.82) is 5.26 Å². The molecule has 4 heteroatoms. The quantitative estimate of drug-likeness (QED) is 0.794. The van der Waals surface area contributed by atoms with Crippen molar-refractivity contribution in [2.24, 2.45) is 0 Å². The number of ether oxygens (including phenoxy) is 1. The zero-order valence-electron chi connectivity index (χ0n) is 9.85. The highest BCUT2D eigenvalue weighted by Gasteiger charge is 2.16. The average Bonchev–Trinajstić information content (AvgIpc) is 2.60. The fraction of sp³-hybridized carbons (Fsp3) is 0.538. The van der Waals surface area contributed by atoms with Gasteiger partial charge in [0.15, 0.2) is 0 Å². The van der Waals surface area contributed by atoms with Crippen LogP contribution in [0.3, 0.4) is 0 Å². The lowest BCUT2D eigenvalue weighted by molar-refractivity contribution is 0.177. The molecule has 2 N–H and O–H groups in total. The maximum absolute atomic E-state index is 8.88. The molecule has 0 saturated heterocycles. The highest BCUT2D eigenvalue weighted by molar-refractivity contribution is 5.59. The number of rotatable bonds is 2. The third kappa shape index (κ3) is 2.88. The standard InChI is InChI=1S/C13H17N3O/c14-9-10-7-8-16-13(12(10)15)17-11-5-3-1-2-4-6-11/h7-8,11H,1-6,15H2. The number of nitrogen functional groups attached to an aromatic ring is 1. The highest BCUT2D eigenvalue weighted by Crippen LogP contribution is 2.26. The molecule has 0 aromatic carbocycles. The Bertz CT molecular complexity index is 417. The molecular weight excluding hydrogens is 214 g/mol. The molecule has 0 unspecified atom stereocenters. The van der Waals surface area contributed by atoms with Crippen LogP contribution in [0.25, 0.3) is 0 Å². The van der Waals surface area contributed by atoms with E-state index in [0.717, 1.165) is 12.8 Å². The summed E-state index contributed by atoms with van der Waals surface area (Å²) in [4.78, 5) is 4.11. The summed E-state index contributed by atoms with van der Waals surface area (Å²) in [7, 11) is 0. The van der Waals surface area contributed by atoms with E-state index in [1.54, 1.807) is 12.3 Å². The summed E-state index contributed by atoms with van der Waals surface area (Å²) in [6, 6.07) is 3.65. The van der Waals surface area contributed by atoms with Crippen LogP contribution in [0.4, 0.5) is 5.69 Å². The Labute approximate surface area is 101 Å². The van der Waals surface area contributed by atoms with Gasteiger partial charge in [0.2, 0.25) is 5.88 Å². The highest BCUT2D eigenvalue weighted by atomic mass is 16.5. The van der Waals surface area contributed by atoms with Crippen molar-refractivity contribution in [3.63, 3.8) is 0 Å². The summed E-state index contributed by atoms with van der Waals surface area (Å²) in [5.74, 6) is 0.413. The molecule has 0 radical (unpaired) electrons. The first-order chi connectivity index (χ1) is 8.31. The summed E-state index contributed by atoms with van der Waals surface area (Å²) >= 11 is 0. The number of hydrogen-bond acceptors (Lipinski definition) is 4. The van der Waals surface area contributed by atoms with Crippen LogP contribution in [0.5, 0.6) is 5.88 Å². The first-order valence-electron chi connectivity index (χ1n) is 6.12. The smallest absolute Gasteiger partial charge is 0.238 e. The van der Waals surface area contributed by atoms with Gasteiger partial charge in [-0.3, -0.25) is 0 Å². The normalized spacial score (nSPS) is 17.1. The second-order valence-corrected chi connectivity index (χ2v) is 4.42. The number of nitrogens with zero attached hydrogens (tertiary/aromatic N) is 2. The van der Waals surface area contributed by atoms with Crippen molar-refractivity contribution in [2.75, 3.05) is 5.73 Å². The van der Waals surface area contributed by atoms with Gasteiger partial charge in [-0.1, -0.05) is 12.8 Å². The van der Waals surface area contributed by atoms with E-state index in [2.05, 4.69) is 4.98 Å². The van der Waals surface area contributed by atoms with Crippen molar-refractivity contribution in [1.82, 2.24) is 4.98 Å². The van der Waals surface area contributed by atoms with Crippen LogP contribution in [0.15, 0.2) is 12.3 Å². The van der Waals surface area contributed by atoms with E-state index >= 15 is 0 Å². The predicted octanol–water partition coefficient (Wildman–Crippen LogP) is 2.64. The molecular formula is C13H17N3O. The van der Waals surface area contributed by atoms with Gasteiger partial charge in [0.1, 0.15) is 17.9 Å². The maximum atomic E-state index is 8.88. The zero-order valence-corrected chi connectivity index (χ0v) is 9.85. The fourth-order valence-electron chi connectivity index (χ4n) is 2.16. The van der Waals surface area contributed by atoms with Gasteiger partial charge in [-0.25, -0.2) is 4.98 Å². The molecule has 0 aliphatic heterocycles. The van der Waals surface area contributed by atoms with Crippen molar-refractivity contribution < 1.29 is 4.74 Å². The molecule has 17 heavy (non-hydrogen) atoms. The van der Waals surface area contributed by atoms with Crippen LogP contribution >= 0.6 is 0 Å². The zero-order chi connectivity index (χ0) is 12.1. The van der Waals surface area contributed by atoms with Gasteiger partial charge in [-0.15, -0.1) is 0 Å². The Morgan fingerprint density at radius 1 is 1.29 bits per heavy atom. The molecule has 0 atom stereocenters. The maximum Gasteiger partial charge on any atom is 0.238 e. The number of anilines is 1. The summed E-state index contributed by atoms with van der Waals surface area (Å²) in [5, 5.41) is 8.88. The van der Waals surface area contributed by atoms with Crippen molar-refractivity contribution in [3.8, 4) is 11.9 Å². The third-order valence-electron chi connectivity index (χ3n) is 3.15. The van der Waals surface area contributed by atoms with Gasteiger partial charge >= 0.3 is 0 Å². The molecule has 1 aliphatic carbocycles. The molecule has 1 heterocycles. The van der Waals surface area contributed by atoms with Crippen LogP contribution in [-0.4, -0.2) is 11.1 Å². The second kappa shape index (κ2) is 5.53. The Kier molecular flexibility index (Phi) is 3.81. The van der Waals surface area contributed by atoms with E-state index < -0.39 is 0 Å². The first-order valence-corrected chi connectivity index (χ1v) is 6.12. The topological polar surface area (TPSA) is 71.9 Å². The monoisotopic (exact) mass is 231 g/mol. The van der Waals surface area contributed by atoms with Crippen LogP contribution in [-0.2, 0) is 0 Å². The Morgan fingerprint density at radius 2 is 2.00 bits per heavy atom. The fourth-order valence-corrected chi connectivity index (χ4v) is 2.16. The molecule has 4 nitrogen and oxygen atoms in total. The summed E-state index contributed by atoms with van der Waals surface area (Å²) < 4.78 is 5.82. The van der Waals surface area contributed by atoms with Crippen molar-refractivity contribution >= 4 is 5.69 Å². The van der Waals surface area contributed by atoms with Crippen LogP contribution in [0.2, 0.25) is 0 Å². The van der Waals surface area contributed by atoms with E-state index in [0.29, 0.717) is 17.1 Å². The van der Waals surface area contributed by atoms with Gasteiger partial charge in [0.25, 0.3) is 0 Å². The van der Waals surface area contributed by atoms with Gasteiger partial charge in [-0.05, 0) is 31.7 Å². The number of pyridine rings is 1. The second-order valence-electron chi connectivity index (χ2n) is 4.42.